The van der Waals surface area contributed by atoms with E-state index in [4.69, 9.17) is 14.2 Å². The number of fused-ring (bicyclic) bond motifs is 1. The average molecular weight is 320 g/mol. The van der Waals surface area contributed by atoms with Gasteiger partial charge in [-0.15, -0.1) is 0 Å². The van der Waals surface area contributed by atoms with Crippen LogP contribution in [0, 0.1) is 0 Å². The van der Waals surface area contributed by atoms with Crippen molar-refractivity contribution in [1.82, 2.24) is 10.2 Å². The second-order valence-electron chi connectivity index (χ2n) is 5.49. The van der Waals surface area contributed by atoms with E-state index in [-0.39, 0.29) is 11.8 Å². The van der Waals surface area contributed by atoms with Gasteiger partial charge >= 0.3 is 0 Å². The Hall–Kier alpha value is -2.28. The second kappa shape index (κ2) is 6.87. The van der Waals surface area contributed by atoms with E-state index in [1.807, 2.05) is 0 Å². The van der Waals surface area contributed by atoms with Crippen molar-refractivity contribution in [2.75, 3.05) is 39.5 Å². The van der Waals surface area contributed by atoms with Crippen molar-refractivity contribution in [3.05, 3.63) is 23.8 Å². The number of carbonyl (C=O) groups is 2. The third kappa shape index (κ3) is 3.56. The van der Waals surface area contributed by atoms with Gasteiger partial charge in [0.1, 0.15) is 19.3 Å². The Labute approximate surface area is 134 Å². The van der Waals surface area contributed by atoms with E-state index < -0.39 is 6.04 Å². The average Bonchev–Trinajstić information content (AvgIpc) is 2.61. The Morgan fingerprint density at radius 2 is 1.78 bits per heavy atom. The molecule has 1 unspecified atom stereocenters. The maximum Gasteiger partial charge on any atom is 0.252 e. The van der Waals surface area contributed by atoms with Gasteiger partial charge in [-0.25, -0.2) is 0 Å². The van der Waals surface area contributed by atoms with E-state index in [2.05, 4.69) is 5.32 Å². The number of morpholine rings is 1. The van der Waals surface area contributed by atoms with Gasteiger partial charge in [0.15, 0.2) is 11.5 Å². The molecule has 0 aromatic heterocycles. The molecular formula is C16H20N2O5. The number of nitrogens with one attached hydrogen (secondary N) is 1. The van der Waals surface area contributed by atoms with Crippen LogP contribution in [0.4, 0.5) is 0 Å². The summed E-state index contributed by atoms with van der Waals surface area (Å²) in [4.78, 5) is 26.3. The first kappa shape index (κ1) is 15.6. The first-order valence-corrected chi connectivity index (χ1v) is 7.72. The van der Waals surface area contributed by atoms with Crippen molar-refractivity contribution in [3.63, 3.8) is 0 Å². The Kier molecular flexibility index (Phi) is 4.66. The lowest BCUT2D eigenvalue weighted by Gasteiger charge is -2.29. The number of amides is 2. The molecule has 0 saturated carbocycles. The third-order valence-corrected chi connectivity index (χ3v) is 3.85. The van der Waals surface area contributed by atoms with Crippen LogP contribution in [0.25, 0.3) is 0 Å². The first-order valence-electron chi connectivity index (χ1n) is 7.72. The van der Waals surface area contributed by atoms with Gasteiger partial charge in [0.2, 0.25) is 5.91 Å². The van der Waals surface area contributed by atoms with Crippen LogP contribution in [0.5, 0.6) is 11.5 Å². The zero-order valence-corrected chi connectivity index (χ0v) is 13.0. The Balaban J connectivity index is 1.62. The first-order chi connectivity index (χ1) is 11.1. The topological polar surface area (TPSA) is 77.1 Å². The quantitative estimate of drug-likeness (QED) is 0.874. The smallest absolute Gasteiger partial charge is 0.252 e. The number of benzene rings is 1. The predicted octanol–water partition coefficient (Wildman–Crippen LogP) is 0.435. The van der Waals surface area contributed by atoms with Crippen molar-refractivity contribution in [1.29, 1.82) is 0 Å². The summed E-state index contributed by atoms with van der Waals surface area (Å²) < 4.78 is 16.1. The predicted molar refractivity (Wildman–Crippen MR) is 81.8 cm³/mol. The fourth-order valence-corrected chi connectivity index (χ4v) is 2.58. The van der Waals surface area contributed by atoms with Crippen LogP contribution in [-0.2, 0) is 9.53 Å². The van der Waals surface area contributed by atoms with Gasteiger partial charge in [0.05, 0.1) is 13.2 Å². The molecule has 3 rings (SSSR count). The van der Waals surface area contributed by atoms with Crippen molar-refractivity contribution >= 4 is 11.8 Å². The molecule has 2 aliphatic rings. The fraction of sp³-hybridized carbons (Fsp3) is 0.500. The molecule has 23 heavy (non-hydrogen) atoms. The zero-order chi connectivity index (χ0) is 16.2. The van der Waals surface area contributed by atoms with Crippen LogP contribution in [0.3, 0.4) is 0 Å². The van der Waals surface area contributed by atoms with Crippen molar-refractivity contribution < 1.29 is 23.8 Å². The highest BCUT2D eigenvalue weighted by atomic mass is 16.6. The lowest BCUT2D eigenvalue weighted by molar-refractivity contribution is -0.136. The number of hydrogen-bond donors (Lipinski definition) is 1. The molecule has 1 atom stereocenters. The van der Waals surface area contributed by atoms with Gasteiger partial charge in [0, 0.05) is 18.7 Å². The number of nitrogens with zero attached hydrogens (tertiary/aromatic N) is 1. The minimum Gasteiger partial charge on any atom is -0.486 e. The molecule has 1 N–H and O–H groups in total. The summed E-state index contributed by atoms with van der Waals surface area (Å²) in [7, 11) is 0. The van der Waals surface area contributed by atoms with Gasteiger partial charge < -0.3 is 24.4 Å². The van der Waals surface area contributed by atoms with E-state index in [0.29, 0.717) is 56.6 Å². The summed E-state index contributed by atoms with van der Waals surface area (Å²) in [6, 6.07) is 4.41. The number of rotatable bonds is 3. The van der Waals surface area contributed by atoms with Gasteiger partial charge in [0.25, 0.3) is 5.91 Å². The monoisotopic (exact) mass is 320 g/mol. The van der Waals surface area contributed by atoms with Gasteiger partial charge in [-0.3, -0.25) is 9.59 Å². The maximum absolute atomic E-state index is 12.3. The van der Waals surface area contributed by atoms with Gasteiger partial charge in [-0.1, -0.05) is 0 Å². The highest BCUT2D eigenvalue weighted by Crippen LogP contribution is 2.30. The molecule has 1 saturated heterocycles. The Morgan fingerprint density at radius 3 is 2.52 bits per heavy atom. The molecule has 1 fully saturated rings. The van der Waals surface area contributed by atoms with Gasteiger partial charge in [-0.05, 0) is 25.1 Å². The van der Waals surface area contributed by atoms with Crippen LogP contribution < -0.4 is 14.8 Å². The van der Waals surface area contributed by atoms with Gasteiger partial charge in [-0.2, -0.15) is 0 Å². The highest BCUT2D eigenvalue weighted by Gasteiger charge is 2.24. The molecule has 1 aromatic rings. The molecule has 7 heteroatoms. The molecule has 0 spiro atoms. The number of carbonyl (C=O) groups excluding carboxylic acids is 2. The standard InChI is InChI=1S/C16H20N2O5/c1-11(16(20)18-4-6-21-7-5-18)17-15(19)12-2-3-13-14(10-12)23-9-8-22-13/h2-3,10-11H,4-9H2,1H3,(H,17,19). The van der Waals surface area contributed by atoms with Crippen LogP contribution in [0.2, 0.25) is 0 Å². The molecule has 0 bridgehead atoms. The number of ether oxygens (including phenoxy) is 3. The van der Waals surface area contributed by atoms with Crippen molar-refractivity contribution in [2.45, 2.75) is 13.0 Å². The lowest BCUT2D eigenvalue weighted by atomic mass is 10.1. The molecular weight excluding hydrogens is 300 g/mol. The van der Waals surface area contributed by atoms with E-state index in [0.717, 1.165) is 0 Å². The molecule has 0 aliphatic carbocycles. The van der Waals surface area contributed by atoms with Crippen LogP contribution in [0.15, 0.2) is 18.2 Å². The van der Waals surface area contributed by atoms with Crippen LogP contribution >= 0.6 is 0 Å². The molecule has 124 valence electrons. The molecule has 2 amide bonds. The normalized spacial score (nSPS) is 18.2. The van der Waals surface area contributed by atoms with E-state index >= 15 is 0 Å². The second-order valence-corrected chi connectivity index (χ2v) is 5.49. The summed E-state index contributed by atoms with van der Waals surface area (Å²) in [6.45, 7) is 4.84. The van der Waals surface area contributed by atoms with E-state index in [9.17, 15) is 9.59 Å². The third-order valence-electron chi connectivity index (χ3n) is 3.85. The summed E-state index contributed by atoms with van der Waals surface area (Å²) >= 11 is 0. The van der Waals surface area contributed by atoms with Crippen molar-refractivity contribution in [2.24, 2.45) is 0 Å². The minimum absolute atomic E-state index is 0.0980. The molecule has 0 radical (unpaired) electrons. The lowest BCUT2D eigenvalue weighted by Crippen LogP contribution is -2.50. The molecule has 2 aliphatic heterocycles. The summed E-state index contributed by atoms with van der Waals surface area (Å²) in [6.07, 6.45) is 0. The largest absolute Gasteiger partial charge is 0.486 e. The molecule has 2 heterocycles. The SMILES string of the molecule is CC(NC(=O)c1ccc2c(c1)OCCO2)C(=O)N1CCOCC1. The molecule has 7 nitrogen and oxygen atoms in total. The van der Waals surface area contributed by atoms with E-state index in [1.54, 1.807) is 30.0 Å². The van der Waals surface area contributed by atoms with Crippen molar-refractivity contribution in [3.8, 4) is 11.5 Å². The van der Waals surface area contributed by atoms with Crippen LogP contribution in [0.1, 0.15) is 17.3 Å². The summed E-state index contributed by atoms with van der Waals surface area (Å²) in [5, 5.41) is 2.73. The Morgan fingerprint density at radius 1 is 1.09 bits per heavy atom. The Bertz CT molecular complexity index is 598. The number of hydrogen-bond acceptors (Lipinski definition) is 5. The summed E-state index contributed by atoms with van der Waals surface area (Å²) in [5.41, 5.74) is 0.441. The van der Waals surface area contributed by atoms with Crippen LogP contribution in [-0.4, -0.2) is 62.3 Å². The molecule has 1 aromatic carbocycles. The fourth-order valence-electron chi connectivity index (χ4n) is 2.58. The highest BCUT2D eigenvalue weighted by molar-refractivity contribution is 5.98. The maximum atomic E-state index is 12.3. The zero-order valence-electron chi connectivity index (χ0n) is 13.0. The summed E-state index contributed by atoms with van der Waals surface area (Å²) in [5.74, 6) is 0.775. The van der Waals surface area contributed by atoms with E-state index in [1.165, 1.54) is 0 Å². The minimum atomic E-state index is -0.589.